The van der Waals surface area contributed by atoms with Gasteiger partial charge in [-0.05, 0) is 99.9 Å². The van der Waals surface area contributed by atoms with Gasteiger partial charge in [0.1, 0.15) is 49.3 Å². The Morgan fingerprint density at radius 1 is 0.857 bits per heavy atom. The van der Waals surface area contributed by atoms with Gasteiger partial charge >= 0.3 is 5.97 Å². The SMILES string of the molecule is CO[C@H]1[C@H](O)[C@H](O[C@H]2CC[C@@]3(C)[C@@H](CC[C@@H]4[C@@H]3CC[C@]3(C)[C@H](C5=CCOC5=O)CC[C@]43O)C2)O[C@@H](C)[C@@H]1O[C@@H]1O[C@H](CO)[C@@H](O)[C@H](O)[C@H]1O. The highest BCUT2D eigenvalue weighted by molar-refractivity contribution is 5.91. The summed E-state index contributed by atoms with van der Waals surface area (Å²) < 4.78 is 35.1. The van der Waals surface area contributed by atoms with Crippen LogP contribution < -0.4 is 0 Å². The van der Waals surface area contributed by atoms with Crippen molar-refractivity contribution in [1.82, 2.24) is 0 Å². The average molecular weight is 697 g/mol. The van der Waals surface area contributed by atoms with Crippen LogP contribution in [0.5, 0.6) is 0 Å². The average Bonchev–Trinajstić information content (AvgIpc) is 3.62. The van der Waals surface area contributed by atoms with E-state index in [1.807, 2.05) is 6.08 Å². The summed E-state index contributed by atoms with van der Waals surface area (Å²) in [6.45, 7) is 6.08. The molecule has 0 aromatic carbocycles. The number of carbonyl (C=O) groups is 1. The second-order valence-corrected chi connectivity index (χ2v) is 16.5. The zero-order valence-corrected chi connectivity index (χ0v) is 29.1. The van der Waals surface area contributed by atoms with Gasteiger partial charge in [0.15, 0.2) is 12.6 Å². The molecule has 0 amide bonds. The highest BCUT2D eigenvalue weighted by atomic mass is 16.7. The number of aliphatic hydroxyl groups excluding tert-OH is 5. The summed E-state index contributed by atoms with van der Waals surface area (Å²) >= 11 is 0. The molecular formula is C36H56O13. The van der Waals surface area contributed by atoms with Crippen LogP contribution in [0.1, 0.15) is 78.6 Å². The quantitative estimate of drug-likeness (QED) is 0.163. The van der Waals surface area contributed by atoms with Crippen molar-refractivity contribution >= 4 is 5.97 Å². The number of esters is 1. The Hall–Kier alpha value is -1.23. The van der Waals surface area contributed by atoms with Gasteiger partial charge in [0.2, 0.25) is 0 Å². The Kier molecular flexibility index (Phi) is 9.82. The Labute approximate surface area is 287 Å². The van der Waals surface area contributed by atoms with E-state index in [4.69, 9.17) is 28.4 Å². The molecule has 0 spiro atoms. The number of carbonyl (C=O) groups excluding carboxylic acids is 1. The molecule has 13 nitrogen and oxygen atoms in total. The van der Waals surface area contributed by atoms with Crippen molar-refractivity contribution in [2.45, 2.75) is 152 Å². The highest BCUT2D eigenvalue weighted by Crippen LogP contribution is 2.70. The molecule has 7 rings (SSSR count). The lowest BCUT2D eigenvalue weighted by Crippen LogP contribution is -2.64. The Balaban J connectivity index is 0.992. The summed E-state index contributed by atoms with van der Waals surface area (Å²) in [4.78, 5) is 12.5. The van der Waals surface area contributed by atoms with Crippen molar-refractivity contribution in [3.8, 4) is 0 Å². The topological polar surface area (TPSA) is 194 Å². The lowest BCUT2D eigenvalue weighted by Gasteiger charge is -2.63. The molecule has 6 fully saturated rings. The first-order valence-electron chi connectivity index (χ1n) is 18.3. The second-order valence-electron chi connectivity index (χ2n) is 16.5. The second kappa shape index (κ2) is 13.3. The Morgan fingerprint density at radius 2 is 1.61 bits per heavy atom. The van der Waals surface area contributed by atoms with Gasteiger partial charge in [-0.1, -0.05) is 13.8 Å². The van der Waals surface area contributed by atoms with Crippen molar-refractivity contribution in [1.29, 1.82) is 0 Å². The summed E-state index contributed by atoms with van der Waals surface area (Å²) in [5.41, 5.74) is -0.355. The van der Waals surface area contributed by atoms with Gasteiger partial charge < -0.3 is 59.1 Å². The fraction of sp³-hybridized carbons (Fsp3) is 0.917. The van der Waals surface area contributed by atoms with Crippen LogP contribution in [-0.4, -0.2) is 130 Å². The number of aliphatic hydroxyl groups is 6. The zero-order valence-electron chi connectivity index (χ0n) is 29.1. The van der Waals surface area contributed by atoms with Crippen LogP contribution in [0, 0.1) is 34.5 Å². The monoisotopic (exact) mass is 696 g/mol. The molecule has 0 aromatic rings. The van der Waals surface area contributed by atoms with Crippen LogP contribution in [0.4, 0.5) is 0 Å². The largest absolute Gasteiger partial charge is 0.458 e. The van der Waals surface area contributed by atoms with Gasteiger partial charge in [0.25, 0.3) is 0 Å². The summed E-state index contributed by atoms with van der Waals surface area (Å²) in [5, 5.41) is 64.3. The van der Waals surface area contributed by atoms with Crippen LogP contribution in [0.3, 0.4) is 0 Å². The molecule has 0 radical (unpaired) electrons. The van der Waals surface area contributed by atoms with Gasteiger partial charge in [-0.15, -0.1) is 0 Å². The first kappa shape index (κ1) is 36.1. The molecule has 2 saturated heterocycles. The van der Waals surface area contributed by atoms with Gasteiger partial charge in [0, 0.05) is 18.1 Å². The molecule has 13 heteroatoms. The standard InChI is InChI=1S/C36H56O13/c1-17-29(49-32-27(40)26(39)25(38)24(16-37)48-32)30(44-4)28(41)33(46-17)47-19-7-11-34(2)18(15-19)5-6-23-22(34)8-12-35(3)21(9-13-36(23,35)43)20-10-14-45-31(20)42/h10,17-19,21-30,32-33,37-41,43H,5-9,11-16H2,1-4H3/t17-,18-,19-,21-,22-,23+,24+,25+,26-,27+,28-,29-,30-,32-,33-,34-,35+,36-/m0/s1. The van der Waals surface area contributed by atoms with E-state index >= 15 is 0 Å². The van der Waals surface area contributed by atoms with Crippen LogP contribution in [0.2, 0.25) is 0 Å². The van der Waals surface area contributed by atoms with Crippen molar-refractivity contribution in [2.75, 3.05) is 20.3 Å². The van der Waals surface area contributed by atoms with Crippen molar-refractivity contribution < 1.29 is 63.9 Å². The molecule has 0 aromatic heterocycles. The minimum Gasteiger partial charge on any atom is -0.458 e. The number of rotatable bonds is 7. The molecule has 0 unspecified atom stereocenters. The summed E-state index contributed by atoms with van der Waals surface area (Å²) in [7, 11) is 1.43. The van der Waals surface area contributed by atoms with Gasteiger partial charge in [-0.25, -0.2) is 4.79 Å². The molecule has 3 aliphatic heterocycles. The highest BCUT2D eigenvalue weighted by Gasteiger charge is 2.68. The van der Waals surface area contributed by atoms with Gasteiger partial charge in [-0.3, -0.25) is 0 Å². The molecule has 49 heavy (non-hydrogen) atoms. The fourth-order valence-electron chi connectivity index (χ4n) is 11.6. The predicted octanol–water partition coefficient (Wildman–Crippen LogP) is 0.934. The third-order valence-corrected chi connectivity index (χ3v) is 14.4. The van der Waals surface area contributed by atoms with Gasteiger partial charge in [0.05, 0.1) is 24.4 Å². The van der Waals surface area contributed by atoms with E-state index in [0.717, 1.165) is 56.9 Å². The van der Waals surface area contributed by atoms with E-state index in [1.54, 1.807) is 6.92 Å². The molecule has 4 aliphatic carbocycles. The summed E-state index contributed by atoms with van der Waals surface area (Å²) in [5.74, 6) is 0.764. The maximum atomic E-state index is 12.5. The molecule has 7 aliphatic rings. The molecular weight excluding hydrogens is 640 g/mol. The Bertz CT molecular complexity index is 1260. The number of hydrogen-bond donors (Lipinski definition) is 6. The molecule has 18 atom stereocenters. The maximum absolute atomic E-state index is 12.5. The number of hydrogen-bond acceptors (Lipinski definition) is 13. The molecule has 0 bridgehead atoms. The third-order valence-electron chi connectivity index (χ3n) is 14.4. The van der Waals surface area contributed by atoms with E-state index in [0.29, 0.717) is 24.9 Å². The summed E-state index contributed by atoms with van der Waals surface area (Å²) in [6.07, 6.45) is -2.30. The minimum atomic E-state index is -1.60. The van der Waals surface area contributed by atoms with E-state index in [-0.39, 0.29) is 34.7 Å². The predicted molar refractivity (Wildman–Crippen MR) is 170 cm³/mol. The first-order valence-corrected chi connectivity index (χ1v) is 18.3. The third kappa shape index (κ3) is 5.65. The van der Waals surface area contributed by atoms with Crippen LogP contribution in [0.15, 0.2) is 11.6 Å². The minimum absolute atomic E-state index is 0.0329. The lowest BCUT2D eigenvalue weighted by molar-refractivity contribution is -0.362. The first-order chi connectivity index (χ1) is 23.3. The normalized spacial score (nSPS) is 54.4. The zero-order chi connectivity index (χ0) is 35.0. The van der Waals surface area contributed by atoms with Crippen molar-refractivity contribution in [3.05, 3.63) is 11.6 Å². The number of ether oxygens (including phenoxy) is 6. The van der Waals surface area contributed by atoms with E-state index in [9.17, 15) is 35.4 Å². The number of fused-ring (bicyclic) bond motifs is 5. The maximum Gasteiger partial charge on any atom is 0.334 e. The molecule has 278 valence electrons. The van der Waals surface area contributed by atoms with E-state index < -0.39 is 73.6 Å². The van der Waals surface area contributed by atoms with Crippen molar-refractivity contribution in [3.63, 3.8) is 0 Å². The van der Waals surface area contributed by atoms with Gasteiger partial charge in [-0.2, -0.15) is 0 Å². The lowest BCUT2D eigenvalue weighted by atomic mass is 9.43. The fourth-order valence-corrected chi connectivity index (χ4v) is 11.6. The molecule has 4 saturated carbocycles. The van der Waals surface area contributed by atoms with Crippen LogP contribution in [0.25, 0.3) is 0 Å². The summed E-state index contributed by atoms with van der Waals surface area (Å²) in [6, 6.07) is 0. The number of methoxy groups -OCH3 is 1. The van der Waals surface area contributed by atoms with Crippen LogP contribution >= 0.6 is 0 Å². The van der Waals surface area contributed by atoms with E-state index in [2.05, 4.69) is 13.8 Å². The smallest absolute Gasteiger partial charge is 0.334 e. The van der Waals surface area contributed by atoms with Crippen LogP contribution in [-0.2, 0) is 33.2 Å². The van der Waals surface area contributed by atoms with E-state index in [1.165, 1.54) is 7.11 Å². The Morgan fingerprint density at radius 3 is 2.31 bits per heavy atom. The number of cyclic esters (lactones) is 1. The van der Waals surface area contributed by atoms with Crippen molar-refractivity contribution in [2.24, 2.45) is 34.5 Å². The molecule has 3 heterocycles. The molecule has 6 N–H and O–H groups in total.